The van der Waals surface area contributed by atoms with E-state index in [0.717, 1.165) is 6.54 Å². The number of nitrogens with one attached hydrogen (secondary N) is 3. The van der Waals surface area contributed by atoms with Crippen LogP contribution in [0.15, 0.2) is 42.6 Å². The number of amides is 3. The first-order valence-electron chi connectivity index (χ1n) is 9.23. The minimum absolute atomic E-state index is 0.0161. The topological polar surface area (TPSA) is 92.2 Å². The summed E-state index contributed by atoms with van der Waals surface area (Å²) < 4.78 is 1.79. The van der Waals surface area contributed by atoms with Crippen molar-refractivity contribution in [3.8, 4) is 0 Å². The average molecular weight is 366 g/mol. The summed E-state index contributed by atoms with van der Waals surface area (Å²) in [7, 11) is 0. The minimum Gasteiger partial charge on any atom is -0.356 e. The monoisotopic (exact) mass is 366 g/mol. The smallest absolute Gasteiger partial charge is 0.268 e. The van der Waals surface area contributed by atoms with Gasteiger partial charge in [0, 0.05) is 31.3 Å². The lowest BCUT2D eigenvalue weighted by Crippen LogP contribution is -2.40. The first-order chi connectivity index (χ1) is 13.1. The lowest BCUT2D eigenvalue weighted by molar-refractivity contribution is -0.121. The zero-order chi connectivity index (χ0) is 18.8. The Labute approximate surface area is 157 Å². The largest absolute Gasteiger partial charge is 0.356 e. The Balaban J connectivity index is 1.46. The second-order valence-corrected chi connectivity index (χ2v) is 7.16. The van der Waals surface area contributed by atoms with Crippen LogP contribution in [0, 0.1) is 5.92 Å². The number of rotatable bonds is 6. The molecular formula is C20H22N4O3. The van der Waals surface area contributed by atoms with Gasteiger partial charge >= 0.3 is 0 Å². The molecule has 0 radical (unpaired) electrons. The lowest BCUT2D eigenvalue weighted by Gasteiger charge is -2.26. The van der Waals surface area contributed by atoms with E-state index in [1.54, 1.807) is 41.1 Å². The van der Waals surface area contributed by atoms with Crippen LogP contribution in [-0.2, 0) is 4.79 Å². The van der Waals surface area contributed by atoms with E-state index < -0.39 is 0 Å². The summed E-state index contributed by atoms with van der Waals surface area (Å²) in [6.07, 6.45) is 4.40. The molecule has 2 aromatic rings. The van der Waals surface area contributed by atoms with Crippen molar-refractivity contribution in [3.05, 3.63) is 53.9 Å². The third-order valence-corrected chi connectivity index (χ3v) is 4.97. The van der Waals surface area contributed by atoms with Crippen LogP contribution in [0.3, 0.4) is 0 Å². The Morgan fingerprint density at radius 2 is 1.96 bits per heavy atom. The number of benzene rings is 1. The van der Waals surface area contributed by atoms with Gasteiger partial charge in [0.15, 0.2) is 0 Å². The number of nitrogens with zero attached hydrogens (tertiary/aromatic N) is 1. The molecular weight excluding hydrogens is 344 g/mol. The fourth-order valence-electron chi connectivity index (χ4n) is 3.26. The van der Waals surface area contributed by atoms with E-state index in [2.05, 4.69) is 16.0 Å². The molecule has 7 nitrogen and oxygen atoms in total. The number of hydrogen-bond acceptors (Lipinski definition) is 3. The summed E-state index contributed by atoms with van der Waals surface area (Å²) in [6, 6.07) is 10.4. The molecule has 1 aliphatic carbocycles. The van der Waals surface area contributed by atoms with Gasteiger partial charge in [-0.1, -0.05) is 18.2 Å². The van der Waals surface area contributed by atoms with Crippen LogP contribution in [0.2, 0.25) is 0 Å². The molecule has 27 heavy (non-hydrogen) atoms. The Kier molecular flexibility index (Phi) is 4.66. The average Bonchev–Trinajstić information content (AvgIpc) is 3.41. The lowest BCUT2D eigenvalue weighted by atomic mass is 10.1. The molecule has 2 aliphatic rings. The molecule has 1 atom stereocenters. The minimum atomic E-state index is -0.238. The van der Waals surface area contributed by atoms with Crippen molar-refractivity contribution < 1.29 is 14.4 Å². The Hall–Kier alpha value is -3.09. The highest BCUT2D eigenvalue weighted by atomic mass is 16.2. The summed E-state index contributed by atoms with van der Waals surface area (Å²) in [5.41, 5.74) is 1.53. The van der Waals surface area contributed by atoms with Crippen molar-refractivity contribution in [2.24, 2.45) is 5.92 Å². The highest BCUT2D eigenvalue weighted by Crippen LogP contribution is 2.28. The standard InChI is InChI=1S/C20H22N4O3/c25-18(21-10-13-6-7-13)9-16-11-22-20(27)17-8-15(12-24(16)17)23-19(26)14-4-2-1-3-5-14/h1-5,8,12-13,16H,6-7,9-11H2,(H,21,25)(H,22,27)(H,23,26). The molecule has 1 unspecified atom stereocenters. The SMILES string of the molecule is O=C(CC1CNC(=O)c2cc(NC(=O)c3ccccc3)cn21)NCC1CC1. The number of carbonyl (C=O) groups is 3. The fourth-order valence-corrected chi connectivity index (χ4v) is 3.26. The zero-order valence-corrected chi connectivity index (χ0v) is 14.9. The molecule has 2 heterocycles. The summed E-state index contributed by atoms with van der Waals surface area (Å²) in [5.74, 6) is 0.169. The van der Waals surface area contributed by atoms with Crippen molar-refractivity contribution in [1.29, 1.82) is 0 Å². The van der Waals surface area contributed by atoms with Gasteiger partial charge < -0.3 is 20.5 Å². The van der Waals surface area contributed by atoms with Gasteiger partial charge in [0.05, 0.1) is 11.7 Å². The van der Waals surface area contributed by atoms with Gasteiger partial charge in [-0.15, -0.1) is 0 Å². The van der Waals surface area contributed by atoms with E-state index in [1.165, 1.54) is 12.8 Å². The molecule has 1 aromatic carbocycles. The summed E-state index contributed by atoms with van der Waals surface area (Å²) in [4.78, 5) is 36.7. The number of aromatic nitrogens is 1. The molecule has 140 valence electrons. The van der Waals surface area contributed by atoms with Gasteiger partial charge in [0.25, 0.3) is 11.8 Å². The Bertz CT molecular complexity index is 871. The number of hydrogen-bond donors (Lipinski definition) is 3. The van der Waals surface area contributed by atoms with Crippen LogP contribution in [0.1, 0.15) is 46.2 Å². The van der Waals surface area contributed by atoms with Crippen molar-refractivity contribution in [2.75, 3.05) is 18.4 Å². The first-order valence-corrected chi connectivity index (χ1v) is 9.23. The normalized spacial score (nSPS) is 18.4. The predicted molar refractivity (Wildman–Crippen MR) is 101 cm³/mol. The van der Waals surface area contributed by atoms with E-state index >= 15 is 0 Å². The van der Waals surface area contributed by atoms with Crippen molar-refractivity contribution in [2.45, 2.75) is 25.3 Å². The number of carbonyl (C=O) groups excluding carboxylic acids is 3. The van der Waals surface area contributed by atoms with E-state index in [0.29, 0.717) is 35.8 Å². The van der Waals surface area contributed by atoms with Gasteiger partial charge in [-0.3, -0.25) is 14.4 Å². The highest BCUT2D eigenvalue weighted by molar-refractivity contribution is 6.05. The Morgan fingerprint density at radius 1 is 1.19 bits per heavy atom. The molecule has 4 rings (SSSR count). The third kappa shape index (κ3) is 4.02. The van der Waals surface area contributed by atoms with Crippen LogP contribution < -0.4 is 16.0 Å². The molecule has 0 bridgehead atoms. The van der Waals surface area contributed by atoms with Crippen LogP contribution >= 0.6 is 0 Å². The van der Waals surface area contributed by atoms with E-state index in [4.69, 9.17) is 0 Å². The predicted octanol–water partition coefficient (Wildman–Crippen LogP) is 1.94. The summed E-state index contributed by atoms with van der Waals surface area (Å²) in [6.45, 7) is 1.12. The second kappa shape index (κ2) is 7.26. The van der Waals surface area contributed by atoms with Gasteiger partial charge in [-0.25, -0.2) is 0 Å². The summed E-state index contributed by atoms with van der Waals surface area (Å²) >= 11 is 0. The zero-order valence-electron chi connectivity index (χ0n) is 14.9. The van der Waals surface area contributed by atoms with Crippen LogP contribution in [0.5, 0.6) is 0 Å². The molecule has 0 saturated heterocycles. The molecule has 0 spiro atoms. The maximum Gasteiger partial charge on any atom is 0.268 e. The van der Waals surface area contributed by atoms with E-state index in [1.807, 2.05) is 6.07 Å². The first kappa shape index (κ1) is 17.3. The van der Waals surface area contributed by atoms with E-state index in [-0.39, 0.29) is 23.8 Å². The van der Waals surface area contributed by atoms with Gasteiger partial charge in [-0.2, -0.15) is 0 Å². The maximum absolute atomic E-state index is 12.3. The quantitative estimate of drug-likeness (QED) is 0.729. The maximum atomic E-state index is 12.3. The molecule has 3 amide bonds. The molecule has 7 heteroatoms. The highest BCUT2D eigenvalue weighted by Gasteiger charge is 2.28. The van der Waals surface area contributed by atoms with Crippen molar-refractivity contribution in [1.82, 2.24) is 15.2 Å². The number of fused-ring (bicyclic) bond motifs is 1. The van der Waals surface area contributed by atoms with Crippen molar-refractivity contribution in [3.63, 3.8) is 0 Å². The molecule has 3 N–H and O–H groups in total. The van der Waals surface area contributed by atoms with E-state index in [9.17, 15) is 14.4 Å². The molecule has 1 fully saturated rings. The molecule has 1 saturated carbocycles. The van der Waals surface area contributed by atoms with Crippen LogP contribution in [-0.4, -0.2) is 35.4 Å². The summed E-state index contributed by atoms with van der Waals surface area (Å²) in [5, 5.41) is 8.59. The third-order valence-electron chi connectivity index (χ3n) is 4.97. The Morgan fingerprint density at radius 3 is 2.70 bits per heavy atom. The molecule has 1 aliphatic heterocycles. The van der Waals surface area contributed by atoms with Crippen LogP contribution in [0.25, 0.3) is 0 Å². The van der Waals surface area contributed by atoms with Crippen LogP contribution in [0.4, 0.5) is 5.69 Å². The van der Waals surface area contributed by atoms with Crippen molar-refractivity contribution >= 4 is 23.4 Å². The van der Waals surface area contributed by atoms with Gasteiger partial charge in [0.1, 0.15) is 5.69 Å². The van der Waals surface area contributed by atoms with Gasteiger partial charge in [-0.05, 0) is 37.0 Å². The molecule has 1 aromatic heterocycles. The number of anilines is 1. The van der Waals surface area contributed by atoms with Gasteiger partial charge in [0.2, 0.25) is 5.91 Å². The second-order valence-electron chi connectivity index (χ2n) is 7.16. The fraction of sp³-hybridized carbons (Fsp3) is 0.350.